The molecule has 0 heterocycles. The fraction of sp³-hybridized carbons (Fsp3) is 0.700. The summed E-state index contributed by atoms with van der Waals surface area (Å²) in [5.74, 6) is 1.62. The summed E-state index contributed by atoms with van der Waals surface area (Å²) in [6, 6.07) is 8.43. The number of halogens is 2. The Morgan fingerprint density at radius 3 is 2.27 bits per heavy atom. The summed E-state index contributed by atoms with van der Waals surface area (Å²) in [6.45, 7) is 2.27. The zero-order valence-electron chi connectivity index (χ0n) is 13.9. The van der Waals surface area contributed by atoms with Crippen LogP contribution in [-0.4, -0.2) is 6.43 Å². The fourth-order valence-corrected chi connectivity index (χ4v) is 3.70. The van der Waals surface area contributed by atoms with E-state index in [0.29, 0.717) is 12.3 Å². The second kappa shape index (κ2) is 9.27. The molecule has 0 radical (unpaired) electrons. The lowest BCUT2D eigenvalue weighted by molar-refractivity contribution is 0.138. The van der Waals surface area contributed by atoms with Crippen molar-refractivity contribution in [1.82, 2.24) is 0 Å². The van der Waals surface area contributed by atoms with Crippen LogP contribution >= 0.6 is 0 Å². The molecule has 124 valence electrons. The van der Waals surface area contributed by atoms with E-state index in [1.165, 1.54) is 56.9 Å². The summed E-state index contributed by atoms with van der Waals surface area (Å²) in [6.07, 6.45) is 9.08. The van der Waals surface area contributed by atoms with Gasteiger partial charge in [0.15, 0.2) is 0 Å². The van der Waals surface area contributed by atoms with E-state index >= 15 is 0 Å². The van der Waals surface area contributed by atoms with Gasteiger partial charge in [0, 0.05) is 6.42 Å². The summed E-state index contributed by atoms with van der Waals surface area (Å²) in [5.41, 5.74) is 2.45. The highest BCUT2D eigenvalue weighted by atomic mass is 19.3. The van der Waals surface area contributed by atoms with Gasteiger partial charge < -0.3 is 0 Å². The smallest absolute Gasteiger partial charge is 0.211 e. The molecule has 0 atom stereocenters. The molecule has 0 nitrogen and oxygen atoms in total. The predicted molar refractivity (Wildman–Crippen MR) is 89.6 cm³/mol. The SMILES string of the molecule is CCCCC[C@H]1CC[C@H](c2ccc(CCC(F)F)cc2)CC1. The normalized spacial score (nSPS) is 22.2. The zero-order valence-corrected chi connectivity index (χ0v) is 13.9. The number of alkyl halides is 2. The first-order chi connectivity index (χ1) is 10.7. The molecule has 1 saturated carbocycles. The third-order valence-electron chi connectivity index (χ3n) is 5.17. The summed E-state index contributed by atoms with van der Waals surface area (Å²) in [4.78, 5) is 0. The van der Waals surface area contributed by atoms with Gasteiger partial charge in [-0.25, -0.2) is 8.78 Å². The van der Waals surface area contributed by atoms with Crippen LogP contribution in [0.15, 0.2) is 24.3 Å². The highest BCUT2D eigenvalue weighted by Crippen LogP contribution is 2.37. The van der Waals surface area contributed by atoms with Crippen molar-refractivity contribution in [2.24, 2.45) is 5.92 Å². The largest absolute Gasteiger partial charge is 0.239 e. The molecule has 0 aromatic heterocycles. The highest BCUT2D eigenvalue weighted by molar-refractivity contribution is 5.26. The van der Waals surface area contributed by atoms with Gasteiger partial charge in [0.2, 0.25) is 6.43 Å². The Morgan fingerprint density at radius 2 is 1.68 bits per heavy atom. The Labute approximate surface area is 134 Å². The third kappa shape index (κ3) is 5.70. The van der Waals surface area contributed by atoms with E-state index in [1.54, 1.807) is 0 Å². The van der Waals surface area contributed by atoms with Crippen LogP contribution in [0.25, 0.3) is 0 Å². The summed E-state index contributed by atoms with van der Waals surface area (Å²) < 4.78 is 24.5. The lowest BCUT2D eigenvalue weighted by Crippen LogP contribution is -2.13. The first-order valence-corrected chi connectivity index (χ1v) is 9.06. The van der Waals surface area contributed by atoms with Crippen molar-refractivity contribution in [3.63, 3.8) is 0 Å². The van der Waals surface area contributed by atoms with E-state index in [9.17, 15) is 8.78 Å². The molecule has 1 fully saturated rings. The maximum absolute atomic E-state index is 12.2. The topological polar surface area (TPSA) is 0 Å². The van der Waals surface area contributed by atoms with Gasteiger partial charge >= 0.3 is 0 Å². The standard InChI is InChI=1S/C20H30F2/c1-2-3-4-5-16-6-11-18(12-7-16)19-13-8-17(9-14-19)10-15-20(21)22/h8-9,13-14,16,18,20H,2-7,10-12,15H2,1H3/t16-,18-. The van der Waals surface area contributed by atoms with E-state index in [0.717, 1.165) is 11.5 Å². The van der Waals surface area contributed by atoms with Gasteiger partial charge in [0.05, 0.1) is 0 Å². The van der Waals surface area contributed by atoms with E-state index in [-0.39, 0.29) is 6.42 Å². The van der Waals surface area contributed by atoms with Crippen molar-refractivity contribution in [2.75, 3.05) is 0 Å². The first kappa shape index (κ1) is 17.4. The fourth-order valence-electron chi connectivity index (χ4n) is 3.70. The minimum atomic E-state index is -2.19. The second-order valence-corrected chi connectivity index (χ2v) is 6.88. The number of rotatable bonds is 8. The Balaban J connectivity index is 1.76. The Bertz CT molecular complexity index is 402. The van der Waals surface area contributed by atoms with Crippen LogP contribution in [0.4, 0.5) is 8.78 Å². The lowest BCUT2D eigenvalue weighted by Gasteiger charge is -2.29. The molecule has 0 N–H and O–H groups in total. The van der Waals surface area contributed by atoms with E-state index < -0.39 is 6.43 Å². The van der Waals surface area contributed by atoms with E-state index in [4.69, 9.17) is 0 Å². The minimum absolute atomic E-state index is 0.0256. The molecule has 0 amide bonds. The Kier molecular flexibility index (Phi) is 7.35. The van der Waals surface area contributed by atoms with E-state index in [1.807, 2.05) is 12.1 Å². The Hall–Kier alpha value is -0.920. The van der Waals surface area contributed by atoms with Crippen LogP contribution in [0.3, 0.4) is 0 Å². The maximum atomic E-state index is 12.2. The predicted octanol–water partition coefficient (Wildman–Crippen LogP) is 6.74. The van der Waals surface area contributed by atoms with Crippen molar-refractivity contribution in [3.8, 4) is 0 Å². The second-order valence-electron chi connectivity index (χ2n) is 6.88. The van der Waals surface area contributed by atoms with Crippen LogP contribution in [-0.2, 0) is 6.42 Å². The minimum Gasteiger partial charge on any atom is -0.211 e. The molecule has 0 aliphatic heterocycles. The molecule has 0 spiro atoms. The zero-order chi connectivity index (χ0) is 15.8. The van der Waals surface area contributed by atoms with Crippen molar-refractivity contribution in [1.29, 1.82) is 0 Å². The third-order valence-corrected chi connectivity index (χ3v) is 5.17. The van der Waals surface area contributed by atoms with Crippen LogP contribution in [0.2, 0.25) is 0 Å². The van der Waals surface area contributed by atoms with Crippen molar-refractivity contribution in [3.05, 3.63) is 35.4 Å². The molecule has 2 heteroatoms. The molecule has 2 rings (SSSR count). The Morgan fingerprint density at radius 1 is 1.00 bits per heavy atom. The maximum Gasteiger partial charge on any atom is 0.239 e. The molecule has 1 aromatic carbocycles. The number of hydrogen-bond donors (Lipinski definition) is 0. The molecule has 0 unspecified atom stereocenters. The van der Waals surface area contributed by atoms with Gasteiger partial charge in [-0.15, -0.1) is 0 Å². The molecular formula is C20H30F2. The van der Waals surface area contributed by atoms with Crippen molar-refractivity contribution >= 4 is 0 Å². The summed E-state index contributed by atoms with van der Waals surface area (Å²) in [7, 11) is 0. The number of hydrogen-bond acceptors (Lipinski definition) is 0. The van der Waals surface area contributed by atoms with Crippen molar-refractivity contribution < 1.29 is 8.78 Å². The molecule has 0 bridgehead atoms. The first-order valence-electron chi connectivity index (χ1n) is 9.06. The van der Waals surface area contributed by atoms with Gasteiger partial charge in [-0.2, -0.15) is 0 Å². The van der Waals surface area contributed by atoms with Crippen LogP contribution in [0.5, 0.6) is 0 Å². The number of unbranched alkanes of at least 4 members (excludes halogenated alkanes) is 2. The van der Waals surface area contributed by atoms with E-state index in [2.05, 4.69) is 19.1 Å². The van der Waals surface area contributed by atoms with Gasteiger partial charge in [0.1, 0.15) is 0 Å². The van der Waals surface area contributed by atoms with Gasteiger partial charge in [-0.3, -0.25) is 0 Å². The monoisotopic (exact) mass is 308 g/mol. The average Bonchev–Trinajstić information content (AvgIpc) is 2.54. The van der Waals surface area contributed by atoms with Gasteiger partial charge in [0.25, 0.3) is 0 Å². The average molecular weight is 308 g/mol. The van der Waals surface area contributed by atoms with Crippen LogP contribution in [0, 0.1) is 5.92 Å². The molecule has 0 saturated heterocycles. The quantitative estimate of drug-likeness (QED) is 0.466. The number of benzene rings is 1. The number of aryl methyl sites for hydroxylation is 1. The highest BCUT2D eigenvalue weighted by Gasteiger charge is 2.21. The van der Waals surface area contributed by atoms with Gasteiger partial charge in [-0.1, -0.05) is 56.9 Å². The summed E-state index contributed by atoms with van der Waals surface area (Å²) >= 11 is 0. The molecule has 22 heavy (non-hydrogen) atoms. The van der Waals surface area contributed by atoms with Gasteiger partial charge in [-0.05, 0) is 55.1 Å². The van der Waals surface area contributed by atoms with Crippen LogP contribution < -0.4 is 0 Å². The molecular weight excluding hydrogens is 278 g/mol. The molecule has 1 aliphatic rings. The summed E-state index contributed by atoms with van der Waals surface area (Å²) in [5, 5.41) is 0. The van der Waals surface area contributed by atoms with Crippen LogP contribution in [0.1, 0.15) is 81.8 Å². The molecule has 1 aliphatic carbocycles. The lowest BCUT2D eigenvalue weighted by atomic mass is 9.77. The van der Waals surface area contributed by atoms with Crippen molar-refractivity contribution in [2.45, 2.75) is 83.5 Å². The molecule has 1 aromatic rings.